The Labute approximate surface area is 114 Å². The van der Waals surface area contributed by atoms with Crippen molar-refractivity contribution in [1.29, 1.82) is 0 Å². The van der Waals surface area contributed by atoms with Crippen molar-refractivity contribution in [2.45, 2.75) is 25.4 Å². The van der Waals surface area contributed by atoms with Gasteiger partial charge in [-0.25, -0.2) is 0 Å². The van der Waals surface area contributed by atoms with Crippen LogP contribution in [-0.4, -0.2) is 50.3 Å². The molecule has 106 valence electrons. The predicted molar refractivity (Wildman–Crippen MR) is 74.7 cm³/mol. The lowest BCUT2D eigenvalue weighted by atomic mass is 10.3. The Kier molecular flexibility index (Phi) is 4.99. The first-order valence-electron chi connectivity index (χ1n) is 6.72. The zero-order valence-corrected chi connectivity index (χ0v) is 12.0. The highest BCUT2D eigenvalue weighted by molar-refractivity contribution is 5.42. The molecule has 0 atom stereocenters. The van der Waals surface area contributed by atoms with E-state index < -0.39 is 0 Å². The third-order valence-corrected chi connectivity index (χ3v) is 3.29. The number of pyridine rings is 1. The van der Waals surface area contributed by atoms with Crippen LogP contribution in [0.5, 0.6) is 11.5 Å². The van der Waals surface area contributed by atoms with Gasteiger partial charge in [0.2, 0.25) is 0 Å². The molecule has 19 heavy (non-hydrogen) atoms. The Morgan fingerprint density at radius 2 is 2.16 bits per heavy atom. The average molecular weight is 265 g/mol. The molecule has 0 aromatic carbocycles. The van der Waals surface area contributed by atoms with Crippen LogP contribution in [0.3, 0.4) is 0 Å². The highest BCUT2D eigenvalue weighted by Crippen LogP contribution is 2.29. The second-order valence-corrected chi connectivity index (χ2v) is 4.96. The minimum Gasteiger partial charge on any atom is -0.493 e. The van der Waals surface area contributed by atoms with Crippen LogP contribution >= 0.6 is 0 Å². The smallest absolute Gasteiger partial charge is 0.183 e. The molecule has 1 aromatic heterocycles. The van der Waals surface area contributed by atoms with Gasteiger partial charge in [0, 0.05) is 37.9 Å². The fourth-order valence-electron chi connectivity index (χ4n) is 2.04. The molecule has 1 aliphatic rings. The Hall–Kier alpha value is -1.33. The van der Waals surface area contributed by atoms with Crippen LogP contribution in [-0.2, 0) is 6.54 Å². The topological polar surface area (TPSA) is 46.6 Å². The maximum atomic E-state index is 5.39. The summed E-state index contributed by atoms with van der Waals surface area (Å²) < 4.78 is 10.7. The lowest BCUT2D eigenvalue weighted by Crippen LogP contribution is -2.30. The summed E-state index contributed by atoms with van der Waals surface area (Å²) in [5.74, 6) is 1.46. The summed E-state index contributed by atoms with van der Waals surface area (Å²) in [6, 6.07) is 2.58. The van der Waals surface area contributed by atoms with Crippen LogP contribution in [0.25, 0.3) is 0 Å². The van der Waals surface area contributed by atoms with Crippen LogP contribution in [0.1, 0.15) is 18.5 Å². The molecule has 0 radical (unpaired) electrons. The zero-order valence-electron chi connectivity index (χ0n) is 12.0. The summed E-state index contributed by atoms with van der Waals surface area (Å²) in [5.41, 5.74) is 0.913. The largest absolute Gasteiger partial charge is 0.493 e. The molecular formula is C14H23N3O2. The molecule has 1 N–H and O–H groups in total. The van der Waals surface area contributed by atoms with Crippen LogP contribution < -0.4 is 14.8 Å². The van der Waals surface area contributed by atoms with Crippen LogP contribution in [0.15, 0.2) is 12.3 Å². The van der Waals surface area contributed by atoms with Gasteiger partial charge in [-0.15, -0.1) is 0 Å². The van der Waals surface area contributed by atoms with Crippen LogP contribution in [0.4, 0.5) is 0 Å². The van der Waals surface area contributed by atoms with Gasteiger partial charge >= 0.3 is 0 Å². The summed E-state index contributed by atoms with van der Waals surface area (Å²) in [6.07, 6.45) is 4.41. The third kappa shape index (κ3) is 4.08. The normalized spacial score (nSPS) is 14.7. The highest BCUT2D eigenvalue weighted by Gasteiger charge is 2.20. The number of hydrogen-bond acceptors (Lipinski definition) is 5. The van der Waals surface area contributed by atoms with Gasteiger partial charge in [-0.05, 0) is 19.9 Å². The molecule has 1 aliphatic carbocycles. The Balaban J connectivity index is 1.89. The van der Waals surface area contributed by atoms with Gasteiger partial charge in [0.25, 0.3) is 0 Å². The van der Waals surface area contributed by atoms with Crippen molar-refractivity contribution >= 4 is 0 Å². The molecule has 1 aromatic rings. The molecule has 5 nitrogen and oxygen atoms in total. The number of likely N-dealkylation sites (N-methyl/N-ethyl adjacent to an activating group) is 1. The van der Waals surface area contributed by atoms with E-state index in [9.17, 15) is 0 Å². The monoisotopic (exact) mass is 265 g/mol. The predicted octanol–water partition coefficient (Wildman–Crippen LogP) is 1.28. The maximum absolute atomic E-state index is 5.39. The Morgan fingerprint density at radius 3 is 2.79 bits per heavy atom. The van der Waals surface area contributed by atoms with Crippen molar-refractivity contribution in [2.24, 2.45) is 0 Å². The fraction of sp³-hybridized carbons (Fsp3) is 0.643. The number of methoxy groups -OCH3 is 2. The lowest BCUT2D eigenvalue weighted by Gasteiger charge is -2.18. The van der Waals surface area contributed by atoms with E-state index >= 15 is 0 Å². The van der Waals surface area contributed by atoms with Crippen molar-refractivity contribution in [3.8, 4) is 11.5 Å². The van der Waals surface area contributed by atoms with Crippen molar-refractivity contribution in [1.82, 2.24) is 15.2 Å². The van der Waals surface area contributed by atoms with Crippen LogP contribution in [0, 0.1) is 0 Å². The molecule has 0 aliphatic heterocycles. The minimum atomic E-state index is 0.729. The molecule has 0 amide bonds. The van der Waals surface area contributed by atoms with Crippen molar-refractivity contribution in [3.05, 3.63) is 18.0 Å². The summed E-state index contributed by atoms with van der Waals surface area (Å²) in [5, 5.41) is 3.51. The molecule has 0 saturated heterocycles. The molecular weight excluding hydrogens is 242 g/mol. The first kappa shape index (κ1) is 14.1. The molecule has 1 saturated carbocycles. The molecule has 0 unspecified atom stereocenters. The SMILES string of the molecule is COc1ccnc(CN(C)CCNC2CC2)c1OC. The summed E-state index contributed by atoms with van der Waals surface area (Å²) in [4.78, 5) is 6.62. The van der Waals surface area contributed by atoms with E-state index in [-0.39, 0.29) is 0 Å². The second kappa shape index (κ2) is 6.73. The van der Waals surface area contributed by atoms with Gasteiger partial charge in [0.1, 0.15) is 5.69 Å². The number of nitrogens with one attached hydrogen (secondary N) is 1. The zero-order chi connectivity index (χ0) is 13.7. The van der Waals surface area contributed by atoms with Crippen molar-refractivity contribution in [3.63, 3.8) is 0 Å². The van der Waals surface area contributed by atoms with E-state index in [0.717, 1.165) is 42.9 Å². The van der Waals surface area contributed by atoms with Gasteiger partial charge in [-0.1, -0.05) is 0 Å². The van der Waals surface area contributed by atoms with Gasteiger partial charge in [-0.2, -0.15) is 0 Å². The second-order valence-electron chi connectivity index (χ2n) is 4.96. The average Bonchev–Trinajstić information content (AvgIpc) is 3.22. The van der Waals surface area contributed by atoms with E-state index in [1.165, 1.54) is 12.8 Å². The Bertz CT molecular complexity index is 408. The highest BCUT2D eigenvalue weighted by atomic mass is 16.5. The van der Waals surface area contributed by atoms with Crippen LogP contribution in [0.2, 0.25) is 0 Å². The number of aromatic nitrogens is 1. The van der Waals surface area contributed by atoms with Gasteiger partial charge in [-0.3, -0.25) is 9.88 Å². The number of ether oxygens (including phenoxy) is 2. The fourth-order valence-corrected chi connectivity index (χ4v) is 2.04. The molecule has 5 heteroatoms. The third-order valence-electron chi connectivity index (χ3n) is 3.29. The molecule has 1 heterocycles. The van der Waals surface area contributed by atoms with Crippen molar-refractivity contribution < 1.29 is 9.47 Å². The molecule has 0 spiro atoms. The first-order chi connectivity index (χ1) is 9.24. The maximum Gasteiger partial charge on any atom is 0.183 e. The van der Waals surface area contributed by atoms with E-state index in [1.54, 1.807) is 20.4 Å². The minimum absolute atomic E-state index is 0.729. The van der Waals surface area contributed by atoms with Gasteiger partial charge in [0.05, 0.1) is 14.2 Å². The molecule has 2 rings (SSSR count). The summed E-state index contributed by atoms with van der Waals surface area (Å²) >= 11 is 0. The van der Waals surface area contributed by atoms with E-state index in [4.69, 9.17) is 9.47 Å². The van der Waals surface area contributed by atoms with Gasteiger partial charge < -0.3 is 14.8 Å². The molecule has 0 bridgehead atoms. The number of hydrogen-bond donors (Lipinski definition) is 1. The summed E-state index contributed by atoms with van der Waals surface area (Å²) in [7, 11) is 5.39. The van der Waals surface area contributed by atoms with E-state index in [1.807, 2.05) is 6.07 Å². The van der Waals surface area contributed by atoms with Crippen molar-refractivity contribution in [2.75, 3.05) is 34.4 Å². The van der Waals surface area contributed by atoms with Gasteiger partial charge in [0.15, 0.2) is 11.5 Å². The summed E-state index contributed by atoms with van der Waals surface area (Å²) in [6.45, 7) is 2.78. The Morgan fingerprint density at radius 1 is 1.37 bits per heavy atom. The van der Waals surface area contributed by atoms with E-state index in [0.29, 0.717) is 0 Å². The first-order valence-corrected chi connectivity index (χ1v) is 6.72. The molecule has 1 fully saturated rings. The lowest BCUT2D eigenvalue weighted by molar-refractivity contribution is 0.302. The number of rotatable bonds is 8. The number of nitrogens with zero attached hydrogens (tertiary/aromatic N) is 2. The quantitative estimate of drug-likeness (QED) is 0.767. The standard InChI is InChI=1S/C14H23N3O2/c1-17(9-8-15-11-4-5-11)10-12-14(19-3)13(18-2)6-7-16-12/h6-7,11,15H,4-5,8-10H2,1-3H3. The van der Waals surface area contributed by atoms with E-state index in [2.05, 4.69) is 22.2 Å².